The standard InChI is InChI=1S/C22H19BrF3NO2/c1-3-9-19-17-13-8-7-12-16(17)18(23)14-27(19)20(28)21(29-2,22(24,25)26)15-10-5-4-6-11-15/h3-8,10-14,19H,1,9H2,2H3/t19-,21-/m1/s1. The van der Waals surface area contributed by atoms with Crippen molar-refractivity contribution in [3.63, 3.8) is 0 Å². The minimum atomic E-state index is -4.98. The Balaban J connectivity index is 2.20. The molecule has 2 aromatic rings. The summed E-state index contributed by atoms with van der Waals surface area (Å²) in [7, 11) is 0.900. The molecule has 0 aromatic heterocycles. The van der Waals surface area contributed by atoms with Crippen LogP contribution in [0, 0.1) is 0 Å². The fraction of sp³-hybridized carbons (Fsp3) is 0.227. The van der Waals surface area contributed by atoms with E-state index in [-0.39, 0.29) is 12.0 Å². The molecule has 7 heteroatoms. The number of carbonyl (C=O) groups is 1. The zero-order chi connectivity index (χ0) is 21.2. The molecule has 0 saturated heterocycles. The first-order valence-electron chi connectivity index (χ1n) is 8.85. The predicted octanol–water partition coefficient (Wildman–Crippen LogP) is 5.94. The van der Waals surface area contributed by atoms with Crippen LogP contribution in [0.15, 0.2) is 73.5 Å². The van der Waals surface area contributed by atoms with Crippen LogP contribution in [0.1, 0.15) is 29.2 Å². The van der Waals surface area contributed by atoms with Gasteiger partial charge in [-0.05, 0) is 33.5 Å². The summed E-state index contributed by atoms with van der Waals surface area (Å²) in [6.07, 6.45) is -1.72. The Morgan fingerprint density at radius 3 is 2.38 bits per heavy atom. The number of fused-ring (bicyclic) bond motifs is 1. The Bertz CT molecular complexity index is 943. The summed E-state index contributed by atoms with van der Waals surface area (Å²) in [5.74, 6) is -1.21. The number of alkyl halides is 3. The third-order valence-electron chi connectivity index (χ3n) is 4.98. The van der Waals surface area contributed by atoms with Crippen LogP contribution in [0.4, 0.5) is 13.2 Å². The van der Waals surface area contributed by atoms with Crippen molar-refractivity contribution in [3.05, 3.63) is 90.1 Å². The van der Waals surface area contributed by atoms with E-state index in [1.807, 2.05) is 12.1 Å². The number of carbonyl (C=O) groups excluding carboxylic acids is 1. The number of rotatable bonds is 5. The van der Waals surface area contributed by atoms with Crippen molar-refractivity contribution in [2.75, 3.05) is 7.11 Å². The maximum Gasteiger partial charge on any atom is 0.430 e. The van der Waals surface area contributed by atoms with Gasteiger partial charge in [-0.3, -0.25) is 4.79 Å². The molecule has 0 fully saturated rings. The van der Waals surface area contributed by atoms with Crippen molar-refractivity contribution in [2.24, 2.45) is 0 Å². The molecule has 0 radical (unpaired) electrons. The summed E-state index contributed by atoms with van der Waals surface area (Å²) in [5.41, 5.74) is -1.86. The molecule has 0 aliphatic carbocycles. The highest BCUT2D eigenvalue weighted by molar-refractivity contribution is 9.15. The smallest absolute Gasteiger partial charge is 0.356 e. The van der Waals surface area contributed by atoms with Crippen LogP contribution in [0.5, 0.6) is 0 Å². The SMILES string of the molecule is C=CC[C@@H]1c2ccccc2C(Br)=CN1C(=O)[C@](OC)(c1ccccc1)C(F)(F)F. The van der Waals surface area contributed by atoms with Gasteiger partial charge in [0.2, 0.25) is 0 Å². The molecular formula is C22H19BrF3NO2. The van der Waals surface area contributed by atoms with Crippen molar-refractivity contribution in [1.29, 1.82) is 0 Å². The summed E-state index contributed by atoms with van der Waals surface area (Å²) in [6.45, 7) is 3.71. The Morgan fingerprint density at radius 1 is 1.17 bits per heavy atom. The van der Waals surface area contributed by atoms with Gasteiger partial charge in [0.1, 0.15) is 0 Å². The second-order valence-electron chi connectivity index (χ2n) is 6.57. The minimum Gasteiger partial charge on any atom is -0.356 e. The lowest BCUT2D eigenvalue weighted by Crippen LogP contribution is -2.56. The van der Waals surface area contributed by atoms with Crippen LogP contribution in [0.2, 0.25) is 0 Å². The molecule has 0 spiro atoms. The first-order valence-corrected chi connectivity index (χ1v) is 9.65. The number of nitrogens with zero attached hydrogens (tertiary/aromatic N) is 1. The number of halogens is 4. The number of hydrogen-bond acceptors (Lipinski definition) is 2. The molecule has 3 rings (SSSR count). The Morgan fingerprint density at radius 2 is 1.79 bits per heavy atom. The molecule has 1 heterocycles. The average molecular weight is 466 g/mol. The van der Waals surface area contributed by atoms with Crippen LogP contribution < -0.4 is 0 Å². The summed E-state index contributed by atoms with van der Waals surface area (Å²) in [6, 6.07) is 13.6. The van der Waals surface area contributed by atoms with E-state index < -0.39 is 23.7 Å². The van der Waals surface area contributed by atoms with E-state index >= 15 is 0 Å². The molecule has 0 unspecified atom stereocenters. The molecule has 2 aromatic carbocycles. The van der Waals surface area contributed by atoms with Crippen molar-refractivity contribution in [1.82, 2.24) is 4.90 Å². The van der Waals surface area contributed by atoms with Gasteiger partial charge >= 0.3 is 6.18 Å². The number of ether oxygens (including phenoxy) is 1. The molecule has 0 saturated carbocycles. The lowest BCUT2D eigenvalue weighted by Gasteiger charge is -2.41. The first kappa shape index (κ1) is 21.3. The van der Waals surface area contributed by atoms with Crippen LogP contribution in [0.25, 0.3) is 4.48 Å². The molecule has 0 N–H and O–H groups in total. The van der Waals surface area contributed by atoms with Crippen molar-refractivity contribution in [3.8, 4) is 0 Å². The Hall–Kier alpha value is -2.38. The van der Waals surface area contributed by atoms with Crippen molar-refractivity contribution < 1.29 is 22.7 Å². The molecule has 1 aliphatic heterocycles. The molecule has 29 heavy (non-hydrogen) atoms. The van der Waals surface area contributed by atoms with Crippen LogP contribution in [0.3, 0.4) is 0 Å². The van der Waals surface area contributed by atoms with Crippen molar-refractivity contribution in [2.45, 2.75) is 24.2 Å². The summed E-state index contributed by atoms with van der Waals surface area (Å²) >= 11 is 3.39. The highest BCUT2D eigenvalue weighted by Gasteiger charge is 2.64. The third-order valence-corrected chi connectivity index (χ3v) is 5.61. The first-order chi connectivity index (χ1) is 13.8. The summed E-state index contributed by atoms with van der Waals surface area (Å²) in [5, 5.41) is 0. The lowest BCUT2D eigenvalue weighted by molar-refractivity contribution is -0.270. The topological polar surface area (TPSA) is 29.5 Å². The van der Waals surface area contributed by atoms with E-state index in [2.05, 4.69) is 22.5 Å². The number of amides is 1. The molecule has 1 aliphatic rings. The number of hydrogen-bond donors (Lipinski definition) is 0. The highest BCUT2D eigenvalue weighted by atomic mass is 79.9. The van der Waals surface area contributed by atoms with E-state index in [0.29, 0.717) is 4.48 Å². The van der Waals surface area contributed by atoms with Gasteiger partial charge in [-0.2, -0.15) is 13.2 Å². The fourth-order valence-electron chi connectivity index (χ4n) is 3.62. The van der Waals surface area contributed by atoms with Gasteiger partial charge in [0.25, 0.3) is 11.5 Å². The Labute approximate surface area is 175 Å². The predicted molar refractivity (Wildman–Crippen MR) is 109 cm³/mol. The highest BCUT2D eigenvalue weighted by Crippen LogP contribution is 2.47. The van der Waals surface area contributed by atoms with Gasteiger partial charge in [-0.15, -0.1) is 6.58 Å². The zero-order valence-corrected chi connectivity index (χ0v) is 17.2. The van der Waals surface area contributed by atoms with E-state index in [1.54, 1.807) is 24.3 Å². The van der Waals surface area contributed by atoms with Gasteiger partial charge in [0, 0.05) is 23.4 Å². The number of methoxy groups -OCH3 is 1. The van der Waals surface area contributed by atoms with Crippen molar-refractivity contribution >= 4 is 26.3 Å². The average Bonchev–Trinajstić information content (AvgIpc) is 2.70. The third kappa shape index (κ3) is 3.53. The van der Waals surface area contributed by atoms with Crippen LogP contribution >= 0.6 is 15.9 Å². The molecule has 152 valence electrons. The Kier molecular flexibility index (Phi) is 6.00. The molecule has 1 amide bonds. The quantitative estimate of drug-likeness (QED) is 0.511. The summed E-state index contributed by atoms with van der Waals surface area (Å²) in [4.78, 5) is 14.6. The normalized spacial score (nSPS) is 18.4. The van der Waals surface area contributed by atoms with Crippen LogP contribution in [-0.4, -0.2) is 24.1 Å². The second-order valence-corrected chi connectivity index (χ2v) is 7.42. The van der Waals surface area contributed by atoms with E-state index in [1.165, 1.54) is 30.5 Å². The van der Waals surface area contributed by atoms with Gasteiger partial charge in [-0.25, -0.2) is 0 Å². The van der Waals surface area contributed by atoms with Gasteiger partial charge in [0.05, 0.1) is 6.04 Å². The van der Waals surface area contributed by atoms with Gasteiger partial charge < -0.3 is 9.64 Å². The monoisotopic (exact) mass is 465 g/mol. The van der Waals surface area contributed by atoms with Gasteiger partial charge in [-0.1, -0.05) is 60.7 Å². The maximum absolute atomic E-state index is 14.3. The van der Waals surface area contributed by atoms with E-state index in [0.717, 1.165) is 23.1 Å². The molecule has 2 atom stereocenters. The summed E-state index contributed by atoms with van der Waals surface area (Å²) < 4.78 is 48.5. The molecule has 3 nitrogen and oxygen atoms in total. The van der Waals surface area contributed by atoms with Crippen LogP contribution in [-0.2, 0) is 15.1 Å². The van der Waals surface area contributed by atoms with E-state index in [9.17, 15) is 18.0 Å². The largest absolute Gasteiger partial charge is 0.430 e. The maximum atomic E-state index is 14.3. The second kappa shape index (κ2) is 8.16. The van der Waals surface area contributed by atoms with Gasteiger partial charge in [0.15, 0.2) is 0 Å². The minimum absolute atomic E-state index is 0.277. The fourth-order valence-corrected chi connectivity index (χ4v) is 4.20. The zero-order valence-electron chi connectivity index (χ0n) is 15.6. The number of benzene rings is 2. The molecule has 0 bridgehead atoms. The van der Waals surface area contributed by atoms with E-state index in [4.69, 9.17) is 4.74 Å². The molecular weight excluding hydrogens is 447 g/mol. The lowest BCUT2D eigenvalue weighted by atomic mass is 9.87.